The minimum absolute atomic E-state index is 0.283. The number of amides is 1. The first-order valence-corrected chi connectivity index (χ1v) is 9.46. The van der Waals surface area contributed by atoms with Crippen LogP contribution in [0.4, 0.5) is 14.3 Å². The summed E-state index contributed by atoms with van der Waals surface area (Å²) in [6.45, 7) is 2.12. The molecule has 25 heavy (non-hydrogen) atoms. The van der Waals surface area contributed by atoms with E-state index in [0.29, 0.717) is 26.2 Å². The molecule has 1 aromatic carbocycles. The largest absolute Gasteiger partial charge is 0.465 e. The number of imidazole rings is 1. The Balaban J connectivity index is 1.65. The van der Waals surface area contributed by atoms with Crippen molar-refractivity contribution in [3.05, 3.63) is 33.8 Å². The Morgan fingerprint density at radius 1 is 1.20 bits per heavy atom. The Hall–Kier alpha value is -1.95. The molecule has 0 aliphatic carbocycles. The Kier molecular flexibility index (Phi) is 4.23. The van der Waals surface area contributed by atoms with Crippen LogP contribution in [0.2, 0.25) is 0 Å². The highest BCUT2D eigenvalue weighted by Crippen LogP contribution is 2.32. The fourth-order valence-electron chi connectivity index (χ4n) is 2.78. The number of aromatic nitrogens is 3. The number of benzene rings is 1. The van der Waals surface area contributed by atoms with Crippen molar-refractivity contribution in [1.82, 2.24) is 19.5 Å². The van der Waals surface area contributed by atoms with Crippen molar-refractivity contribution < 1.29 is 14.3 Å². The van der Waals surface area contributed by atoms with Gasteiger partial charge in [-0.2, -0.15) is 4.52 Å². The van der Waals surface area contributed by atoms with Crippen LogP contribution < -0.4 is 4.90 Å². The number of piperazine rings is 1. The van der Waals surface area contributed by atoms with Gasteiger partial charge in [0.15, 0.2) is 0 Å². The standard InChI is InChI=1S/C15H13FIN5O2S/c16-10-3-1-9(2-4-10)11-12(17)18-13-22(11)19-14(25-13)20-5-7-21(8-6-20)15(23)24/h1-4H,5-8H2,(H,23,24). The first-order chi connectivity index (χ1) is 12.0. The first kappa shape index (κ1) is 16.5. The van der Waals surface area contributed by atoms with Gasteiger partial charge in [-0.15, -0.1) is 5.10 Å². The van der Waals surface area contributed by atoms with E-state index < -0.39 is 6.09 Å². The molecule has 0 spiro atoms. The number of rotatable bonds is 2. The van der Waals surface area contributed by atoms with E-state index in [1.807, 2.05) is 0 Å². The van der Waals surface area contributed by atoms with E-state index in [2.05, 4.69) is 37.6 Å². The fraction of sp³-hybridized carbons (Fsp3) is 0.267. The van der Waals surface area contributed by atoms with Crippen molar-refractivity contribution in [2.45, 2.75) is 0 Å². The van der Waals surface area contributed by atoms with Crippen LogP contribution in [0, 0.1) is 9.52 Å². The first-order valence-electron chi connectivity index (χ1n) is 7.57. The molecule has 3 heterocycles. The van der Waals surface area contributed by atoms with Gasteiger partial charge in [0, 0.05) is 31.7 Å². The molecule has 1 saturated heterocycles. The summed E-state index contributed by atoms with van der Waals surface area (Å²) in [6.07, 6.45) is -0.887. The summed E-state index contributed by atoms with van der Waals surface area (Å²) in [7, 11) is 0. The van der Waals surface area contributed by atoms with Crippen molar-refractivity contribution in [2.24, 2.45) is 0 Å². The van der Waals surface area contributed by atoms with E-state index in [1.165, 1.54) is 28.4 Å². The molecule has 7 nitrogen and oxygen atoms in total. The van der Waals surface area contributed by atoms with Crippen LogP contribution in [-0.4, -0.2) is 56.9 Å². The molecule has 3 aromatic rings. The average Bonchev–Trinajstić information content (AvgIpc) is 3.13. The van der Waals surface area contributed by atoms with E-state index in [0.717, 1.165) is 25.1 Å². The van der Waals surface area contributed by atoms with Crippen molar-refractivity contribution in [1.29, 1.82) is 0 Å². The minimum atomic E-state index is -0.887. The normalized spacial score (nSPS) is 15.1. The molecule has 1 fully saturated rings. The maximum Gasteiger partial charge on any atom is 0.407 e. The molecule has 0 atom stereocenters. The van der Waals surface area contributed by atoms with E-state index in [9.17, 15) is 9.18 Å². The van der Waals surface area contributed by atoms with Crippen molar-refractivity contribution in [3.63, 3.8) is 0 Å². The molecule has 1 aliphatic heterocycles. The molecule has 0 radical (unpaired) electrons. The van der Waals surface area contributed by atoms with Crippen LogP contribution in [0.15, 0.2) is 24.3 Å². The SMILES string of the molecule is O=C(O)N1CCN(c2nn3c(-c4ccc(F)cc4)c(I)nc3s2)CC1. The van der Waals surface area contributed by atoms with Gasteiger partial charge in [-0.25, -0.2) is 14.2 Å². The van der Waals surface area contributed by atoms with Gasteiger partial charge in [0.25, 0.3) is 0 Å². The predicted octanol–water partition coefficient (Wildman–Crippen LogP) is 3.00. The highest BCUT2D eigenvalue weighted by Gasteiger charge is 2.24. The molecule has 1 aliphatic rings. The van der Waals surface area contributed by atoms with E-state index in [1.54, 1.807) is 16.6 Å². The maximum absolute atomic E-state index is 13.2. The second kappa shape index (κ2) is 6.41. The summed E-state index contributed by atoms with van der Waals surface area (Å²) in [4.78, 5) is 19.8. The predicted molar refractivity (Wildman–Crippen MR) is 101 cm³/mol. The molecule has 1 amide bonds. The van der Waals surface area contributed by atoms with Gasteiger partial charge in [-0.05, 0) is 46.9 Å². The third-order valence-corrected chi connectivity index (χ3v) is 5.81. The highest BCUT2D eigenvalue weighted by atomic mass is 127. The lowest BCUT2D eigenvalue weighted by Crippen LogP contribution is -2.48. The van der Waals surface area contributed by atoms with Gasteiger partial charge in [0.2, 0.25) is 10.1 Å². The lowest BCUT2D eigenvalue weighted by Gasteiger charge is -2.32. The Morgan fingerprint density at radius 3 is 2.52 bits per heavy atom. The second-order valence-electron chi connectivity index (χ2n) is 5.59. The van der Waals surface area contributed by atoms with Gasteiger partial charge in [0.1, 0.15) is 15.2 Å². The van der Waals surface area contributed by atoms with Gasteiger partial charge >= 0.3 is 6.09 Å². The number of hydrogen-bond acceptors (Lipinski definition) is 5. The van der Waals surface area contributed by atoms with Gasteiger partial charge in [0.05, 0.1) is 0 Å². The molecule has 0 saturated carbocycles. The summed E-state index contributed by atoms with van der Waals surface area (Å²) < 4.78 is 15.8. The van der Waals surface area contributed by atoms with Crippen LogP contribution in [-0.2, 0) is 0 Å². The van der Waals surface area contributed by atoms with E-state index in [-0.39, 0.29) is 5.82 Å². The lowest BCUT2D eigenvalue weighted by atomic mass is 10.2. The van der Waals surface area contributed by atoms with Crippen molar-refractivity contribution in [2.75, 3.05) is 31.1 Å². The van der Waals surface area contributed by atoms with Crippen LogP contribution >= 0.6 is 33.9 Å². The lowest BCUT2D eigenvalue weighted by molar-refractivity contribution is 0.142. The second-order valence-corrected chi connectivity index (χ2v) is 7.55. The van der Waals surface area contributed by atoms with Crippen molar-refractivity contribution in [3.8, 4) is 11.3 Å². The third kappa shape index (κ3) is 3.03. The molecule has 10 heteroatoms. The van der Waals surface area contributed by atoms with Gasteiger partial charge in [-0.3, -0.25) is 0 Å². The molecule has 1 N–H and O–H groups in total. The smallest absolute Gasteiger partial charge is 0.407 e. The highest BCUT2D eigenvalue weighted by molar-refractivity contribution is 14.1. The number of nitrogens with zero attached hydrogens (tertiary/aromatic N) is 5. The monoisotopic (exact) mass is 473 g/mol. The molecule has 130 valence electrons. The third-order valence-electron chi connectivity index (χ3n) is 4.09. The molecule has 2 aromatic heterocycles. The molecular formula is C15H13FIN5O2S. The number of halogens is 2. The Bertz CT molecular complexity index is 933. The number of fused-ring (bicyclic) bond motifs is 1. The molecule has 0 bridgehead atoms. The number of hydrogen-bond donors (Lipinski definition) is 1. The van der Waals surface area contributed by atoms with Crippen LogP contribution in [0.5, 0.6) is 0 Å². The molecular weight excluding hydrogens is 460 g/mol. The van der Waals surface area contributed by atoms with Gasteiger partial charge in [-0.1, -0.05) is 11.3 Å². The summed E-state index contributed by atoms with van der Waals surface area (Å²) in [5.74, 6) is -0.283. The Labute approximate surface area is 159 Å². The minimum Gasteiger partial charge on any atom is -0.465 e. The van der Waals surface area contributed by atoms with E-state index >= 15 is 0 Å². The Morgan fingerprint density at radius 2 is 1.88 bits per heavy atom. The summed E-state index contributed by atoms with van der Waals surface area (Å²) in [6, 6.07) is 6.27. The zero-order valence-electron chi connectivity index (χ0n) is 12.9. The summed E-state index contributed by atoms with van der Waals surface area (Å²) >= 11 is 3.62. The van der Waals surface area contributed by atoms with Crippen LogP contribution in [0.3, 0.4) is 0 Å². The summed E-state index contributed by atoms with van der Waals surface area (Å²) in [5.41, 5.74) is 1.69. The number of anilines is 1. The van der Waals surface area contributed by atoms with Gasteiger partial charge < -0.3 is 14.9 Å². The zero-order chi connectivity index (χ0) is 17.6. The van der Waals surface area contributed by atoms with E-state index in [4.69, 9.17) is 5.11 Å². The summed E-state index contributed by atoms with van der Waals surface area (Å²) in [5, 5.41) is 14.5. The quantitative estimate of drug-likeness (QED) is 0.580. The topological polar surface area (TPSA) is 74.0 Å². The van der Waals surface area contributed by atoms with Crippen molar-refractivity contribution >= 4 is 50.1 Å². The zero-order valence-corrected chi connectivity index (χ0v) is 15.9. The molecule has 0 unspecified atom stereocenters. The van der Waals surface area contributed by atoms with Crippen LogP contribution in [0.25, 0.3) is 16.2 Å². The number of carbonyl (C=O) groups is 1. The van der Waals surface area contributed by atoms with Crippen LogP contribution in [0.1, 0.15) is 0 Å². The average molecular weight is 473 g/mol. The number of carboxylic acid groups (broad SMARTS) is 1. The fourth-order valence-corrected chi connectivity index (χ4v) is 4.66. The molecule has 4 rings (SSSR count). The maximum atomic E-state index is 13.2.